The molecule has 0 aromatic rings. The fourth-order valence-electron chi connectivity index (χ4n) is 4.69. The second-order valence-corrected chi connectivity index (χ2v) is 6.86. The molecule has 0 aromatic heterocycles. The highest BCUT2D eigenvalue weighted by Crippen LogP contribution is 2.51. The molecule has 0 unspecified atom stereocenters. The topological polar surface area (TPSA) is 35.5 Å². The average Bonchev–Trinajstić information content (AvgIpc) is 2.47. The van der Waals surface area contributed by atoms with Crippen LogP contribution in [-0.2, 0) is 14.3 Å². The molecule has 0 spiro atoms. The van der Waals surface area contributed by atoms with Gasteiger partial charge in [-0.25, -0.2) is 0 Å². The van der Waals surface area contributed by atoms with Crippen LogP contribution in [0.4, 0.5) is 0 Å². The van der Waals surface area contributed by atoms with Gasteiger partial charge < -0.3 is 9.47 Å². The van der Waals surface area contributed by atoms with Gasteiger partial charge in [0.25, 0.3) is 0 Å². The highest BCUT2D eigenvalue weighted by Gasteiger charge is 2.52. The predicted molar refractivity (Wildman–Crippen MR) is 77.2 cm³/mol. The maximum atomic E-state index is 11.8. The van der Waals surface area contributed by atoms with E-state index in [2.05, 4.69) is 19.1 Å². The van der Waals surface area contributed by atoms with Crippen LogP contribution in [0.2, 0.25) is 0 Å². The molecule has 1 heterocycles. The van der Waals surface area contributed by atoms with Crippen LogP contribution in [0.3, 0.4) is 0 Å². The normalized spacial score (nSPS) is 43.5. The van der Waals surface area contributed by atoms with E-state index < -0.39 is 0 Å². The van der Waals surface area contributed by atoms with Crippen molar-refractivity contribution in [2.45, 2.75) is 63.6 Å². The van der Waals surface area contributed by atoms with E-state index in [1.807, 2.05) is 0 Å². The van der Waals surface area contributed by atoms with Crippen LogP contribution >= 0.6 is 0 Å². The molecule has 1 saturated heterocycles. The Hall–Kier alpha value is -0.830. The van der Waals surface area contributed by atoms with Gasteiger partial charge in [-0.15, -0.1) is 0 Å². The molecule has 2 aliphatic carbocycles. The molecule has 0 aromatic carbocycles. The zero-order chi connectivity index (χ0) is 14.2. The van der Waals surface area contributed by atoms with Crippen molar-refractivity contribution in [3.63, 3.8) is 0 Å². The molecule has 0 radical (unpaired) electrons. The van der Waals surface area contributed by atoms with Crippen molar-refractivity contribution < 1.29 is 14.3 Å². The Kier molecular flexibility index (Phi) is 3.89. The summed E-state index contributed by atoms with van der Waals surface area (Å²) in [6.45, 7) is 2.13. The number of rotatable bonds is 2. The molecular weight excluding hydrogens is 252 g/mol. The summed E-state index contributed by atoms with van der Waals surface area (Å²) in [6, 6.07) is 0. The quantitative estimate of drug-likeness (QED) is 0.573. The van der Waals surface area contributed by atoms with Crippen molar-refractivity contribution in [1.29, 1.82) is 0 Å². The van der Waals surface area contributed by atoms with Gasteiger partial charge in [-0.2, -0.15) is 0 Å². The summed E-state index contributed by atoms with van der Waals surface area (Å²) in [4.78, 5) is 11.8. The number of ether oxygens (including phenoxy) is 2. The Morgan fingerprint density at radius 2 is 2.15 bits per heavy atom. The monoisotopic (exact) mass is 278 g/mol. The van der Waals surface area contributed by atoms with E-state index in [1.54, 1.807) is 0 Å². The third-order valence-electron chi connectivity index (χ3n) is 5.64. The SMILES string of the molecule is COC(=O)C[C@]1(C)O[C@@H]2CCCC[C@@H]2[C@@H]2C=CCC[C@H]21. The summed E-state index contributed by atoms with van der Waals surface area (Å²) in [5, 5.41) is 0. The zero-order valence-electron chi connectivity index (χ0n) is 12.6. The zero-order valence-corrected chi connectivity index (χ0v) is 12.6. The predicted octanol–water partition coefficient (Wildman–Crippen LogP) is 3.48. The molecule has 3 heteroatoms. The first-order valence-electron chi connectivity index (χ1n) is 8.05. The first kappa shape index (κ1) is 14.1. The number of hydrogen-bond donors (Lipinski definition) is 0. The molecular formula is C17H26O3. The summed E-state index contributed by atoms with van der Waals surface area (Å²) in [7, 11) is 1.47. The van der Waals surface area contributed by atoms with Crippen molar-refractivity contribution in [2.24, 2.45) is 17.8 Å². The van der Waals surface area contributed by atoms with Crippen LogP contribution in [0.1, 0.15) is 51.9 Å². The third-order valence-corrected chi connectivity index (χ3v) is 5.64. The van der Waals surface area contributed by atoms with Gasteiger partial charge in [0, 0.05) is 0 Å². The largest absolute Gasteiger partial charge is 0.469 e. The lowest BCUT2D eigenvalue weighted by Crippen LogP contribution is -2.56. The lowest BCUT2D eigenvalue weighted by atomic mass is 9.61. The molecule has 0 amide bonds. The van der Waals surface area contributed by atoms with Crippen LogP contribution in [0.25, 0.3) is 0 Å². The number of hydrogen-bond acceptors (Lipinski definition) is 3. The van der Waals surface area contributed by atoms with Crippen LogP contribution < -0.4 is 0 Å². The smallest absolute Gasteiger partial charge is 0.308 e. The van der Waals surface area contributed by atoms with Crippen molar-refractivity contribution in [1.82, 2.24) is 0 Å². The molecule has 1 saturated carbocycles. The number of carbonyl (C=O) groups is 1. The molecule has 112 valence electrons. The maximum Gasteiger partial charge on any atom is 0.308 e. The number of fused-ring (bicyclic) bond motifs is 3. The lowest BCUT2D eigenvalue weighted by Gasteiger charge is -2.54. The van der Waals surface area contributed by atoms with Gasteiger partial charge in [0.2, 0.25) is 0 Å². The van der Waals surface area contributed by atoms with Gasteiger partial charge in [-0.05, 0) is 50.4 Å². The minimum Gasteiger partial charge on any atom is -0.469 e. The van der Waals surface area contributed by atoms with Gasteiger partial charge in [0.15, 0.2) is 0 Å². The van der Waals surface area contributed by atoms with Crippen LogP contribution in [0, 0.1) is 17.8 Å². The highest BCUT2D eigenvalue weighted by molar-refractivity contribution is 5.70. The van der Waals surface area contributed by atoms with E-state index in [4.69, 9.17) is 9.47 Å². The van der Waals surface area contributed by atoms with Crippen molar-refractivity contribution in [3.8, 4) is 0 Å². The van der Waals surface area contributed by atoms with E-state index >= 15 is 0 Å². The highest BCUT2D eigenvalue weighted by atomic mass is 16.5. The van der Waals surface area contributed by atoms with E-state index in [0.29, 0.717) is 30.3 Å². The van der Waals surface area contributed by atoms with Crippen molar-refractivity contribution in [3.05, 3.63) is 12.2 Å². The average molecular weight is 278 g/mol. The fourth-order valence-corrected chi connectivity index (χ4v) is 4.69. The molecule has 20 heavy (non-hydrogen) atoms. The Balaban J connectivity index is 1.87. The van der Waals surface area contributed by atoms with Crippen LogP contribution in [-0.4, -0.2) is 24.8 Å². The Morgan fingerprint density at radius 1 is 1.35 bits per heavy atom. The molecule has 3 nitrogen and oxygen atoms in total. The number of methoxy groups -OCH3 is 1. The summed E-state index contributed by atoms with van der Waals surface area (Å²) >= 11 is 0. The standard InChI is InChI=1S/C17H26O3/c1-17(11-16(18)19-2)14-9-5-3-7-12(14)13-8-4-6-10-15(13)20-17/h3,7,12-15H,4-6,8-11H2,1-2H3/t12-,13+,14+,15+,17-/m0/s1. The molecule has 2 fully saturated rings. The Morgan fingerprint density at radius 3 is 2.95 bits per heavy atom. The third kappa shape index (κ3) is 2.41. The number of carbonyl (C=O) groups excluding carboxylic acids is 1. The Bertz CT molecular complexity index is 403. The maximum absolute atomic E-state index is 11.8. The minimum atomic E-state index is -0.346. The molecule has 5 atom stereocenters. The van der Waals surface area contributed by atoms with Gasteiger partial charge in [-0.3, -0.25) is 4.79 Å². The van der Waals surface area contributed by atoms with E-state index in [1.165, 1.54) is 26.4 Å². The molecule has 0 bridgehead atoms. The van der Waals surface area contributed by atoms with Crippen molar-refractivity contribution >= 4 is 5.97 Å². The van der Waals surface area contributed by atoms with Gasteiger partial charge >= 0.3 is 5.97 Å². The fraction of sp³-hybridized carbons (Fsp3) is 0.824. The van der Waals surface area contributed by atoms with E-state index in [-0.39, 0.29) is 11.6 Å². The van der Waals surface area contributed by atoms with E-state index in [9.17, 15) is 4.79 Å². The molecule has 0 N–H and O–H groups in total. The summed E-state index contributed by atoms with van der Waals surface area (Å²) in [5.74, 6) is 1.58. The second-order valence-electron chi connectivity index (χ2n) is 6.86. The van der Waals surface area contributed by atoms with Crippen LogP contribution in [0.5, 0.6) is 0 Å². The second kappa shape index (κ2) is 5.51. The first-order valence-corrected chi connectivity index (χ1v) is 8.05. The van der Waals surface area contributed by atoms with Gasteiger partial charge in [0.05, 0.1) is 25.2 Å². The van der Waals surface area contributed by atoms with E-state index in [0.717, 1.165) is 19.3 Å². The summed E-state index contributed by atoms with van der Waals surface area (Å²) < 4.78 is 11.4. The summed E-state index contributed by atoms with van der Waals surface area (Å²) in [6.07, 6.45) is 12.7. The van der Waals surface area contributed by atoms with Crippen molar-refractivity contribution in [2.75, 3.05) is 7.11 Å². The molecule has 3 aliphatic rings. The first-order chi connectivity index (χ1) is 9.64. The molecule has 3 rings (SSSR count). The summed E-state index contributed by atoms with van der Waals surface area (Å²) in [5.41, 5.74) is -0.346. The minimum absolute atomic E-state index is 0.143. The lowest BCUT2D eigenvalue weighted by molar-refractivity contribution is -0.213. The Labute approximate surface area is 121 Å². The van der Waals surface area contributed by atoms with Gasteiger partial charge in [0.1, 0.15) is 0 Å². The number of allylic oxidation sites excluding steroid dienone is 2. The number of esters is 1. The van der Waals surface area contributed by atoms with Gasteiger partial charge in [-0.1, -0.05) is 25.0 Å². The molecule has 1 aliphatic heterocycles. The van der Waals surface area contributed by atoms with Crippen LogP contribution in [0.15, 0.2) is 12.2 Å².